The summed E-state index contributed by atoms with van der Waals surface area (Å²) in [5.41, 5.74) is 2.64. The Balaban J connectivity index is 1.58. The lowest BCUT2D eigenvalue weighted by Gasteiger charge is -2.08. The van der Waals surface area contributed by atoms with E-state index < -0.39 is 0 Å². The Morgan fingerprint density at radius 2 is 1.65 bits per heavy atom. The fourth-order valence-electron chi connectivity index (χ4n) is 2.30. The highest BCUT2D eigenvalue weighted by Crippen LogP contribution is 2.29. The predicted molar refractivity (Wildman–Crippen MR) is 106 cm³/mol. The van der Waals surface area contributed by atoms with Crippen LogP contribution in [0.2, 0.25) is 5.02 Å². The summed E-state index contributed by atoms with van der Waals surface area (Å²) in [4.78, 5) is 12.1. The summed E-state index contributed by atoms with van der Waals surface area (Å²) in [5.74, 6) is 1.25. The number of rotatable bonds is 6. The lowest BCUT2D eigenvalue weighted by molar-refractivity contribution is 0.104. The number of para-hydroxylation sites is 1. The molecule has 0 aliphatic rings. The summed E-state index contributed by atoms with van der Waals surface area (Å²) in [7, 11) is 0. The lowest BCUT2D eigenvalue weighted by atomic mass is 10.1. The normalized spacial score (nSPS) is 10.7. The molecule has 0 amide bonds. The minimum absolute atomic E-state index is 0.0452. The Morgan fingerprint density at radius 1 is 0.962 bits per heavy atom. The van der Waals surface area contributed by atoms with Gasteiger partial charge in [0.2, 0.25) is 0 Å². The number of benzene rings is 3. The summed E-state index contributed by atoms with van der Waals surface area (Å²) in [6, 6.07) is 22.2. The molecule has 0 spiro atoms. The van der Waals surface area contributed by atoms with Crippen molar-refractivity contribution in [2.24, 2.45) is 0 Å². The second kappa shape index (κ2) is 8.37. The zero-order valence-corrected chi connectivity index (χ0v) is 15.0. The molecule has 0 bridgehead atoms. The van der Waals surface area contributed by atoms with Crippen molar-refractivity contribution in [2.75, 3.05) is 5.32 Å². The van der Waals surface area contributed by atoms with Gasteiger partial charge in [-0.05, 0) is 43.3 Å². The SMILES string of the molecule is Cc1ccc(C(=O)/C=C/Nc2ccc(Oc3ccccc3Cl)cc2)cc1. The molecule has 3 nitrogen and oxygen atoms in total. The van der Waals surface area contributed by atoms with E-state index in [9.17, 15) is 4.79 Å². The van der Waals surface area contributed by atoms with E-state index in [2.05, 4.69) is 5.32 Å². The summed E-state index contributed by atoms with van der Waals surface area (Å²) >= 11 is 6.08. The van der Waals surface area contributed by atoms with Crippen LogP contribution in [0.25, 0.3) is 0 Å². The Kier molecular flexibility index (Phi) is 5.72. The second-order valence-electron chi connectivity index (χ2n) is 5.76. The molecule has 3 rings (SSSR count). The van der Waals surface area contributed by atoms with Crippen LogP contribution in [0.5, 0.6) is 11.5 Å². The van der Waals surface area contributed by atoms with E-state index in [1.165, 1.54) is 6.08 Å². The molecule has 130 valence electrons. The molecule has 26 heavy (non-hydrogen) atoms. The fraction of sp³-hybridized carbons (Fsp3) is 0.0455. The van der Waals surface area contributed by atoms with Gasteiger partial charge in [-0.15, -0.1) is 0 Å². The number of ether oxygens (including phenoxy) is 1. The van der Waals surface area contributed by atoms with Gasteiger partial charge in [0, 0.05) is 23.5 Å². The number of hydrogen-bond donors (Lipinski definition) is 1. The number of anilines is 1. The van der Waals surface area contributed by atoms with Crippen molar-refractivity contribution in [3.8, 4) is 11.5 Å². The molecule has 0 fully saturated rings. The summed E-state index contributed by atoms with van der Waals surface area (Å²) in [6.45, 7) is 1.99. The van der Waals surface area contributed by atoms with E-state index in [0.29, 0.717) is 22.1 Å². The third kappa shape index (κ3) is 4.74. The number of carbonyl (C=O) groups is 1. The topological polar surface area (TPSA) is 38.3 Å². The highest BCUT2D eigenvalue weighted by molar-refractivity contribution is 6.32. The van der Waals surface area contributed by atoms with Crippen LogP contribution in [-0.4, -0.2) is 5.78 Å². The van der Waals surface area contributed by atoms with Gasteiger partial charge in [-0.1, -0.05) is 53.6 Å². The second-order valence-corrected chi connectivity index (χ2v) is 6.17. The molecule has 3 aromatic rings. The van der Waals surface area contributed by atoms with Crippen LogP contribution in [-0.2, 0) is 0 Å². The Labute approximate surface area is 157 Å². The summed E-state index contributed by atoms with van der Waals surface area (Å²) in [5, 5.41) is 3.64. The van der Waals surface area contributed by atoms with E-state index >= 15 is 0 Å². The largest absolute Gasteiger partial charge is 0.456 e. The van der Waals surface area contributed by atoms with Gasteiger partial charge in [-0.2, -0.15) is 0 Å². The molecular formula is C22H18ClNO2. The zero-order chi connectivity index (χ0) is 18.4. The Hall–Kier alpha value is -3.04. The summed E-state index contributed by atoms with van der Waals surface area (Å²) < 4.78 is 5.74. The van der Waals surface area contributed by atoms with Gasteiger partial charge >= 0.3 is 0 Å². The van der Waals surface area contributed by atoms with Gasteiger partial charge in [0.25, 0.3) is 0 Å². The van der Waals surface area contributed by atoms with Crippen molar-refractivity contribution in [1.29, 1.82) is 0 Å². The van der Waals surface area contributed by atoms with Crippen molar-refractivity contribution in [2.45, 2.75) is 6.92 Å². The van der Waals surface area contributed by atoms with Gasteiger partial charge in [-0.25, -0.2) is 0 Å². The molecule has 4 heteroatoms. The molecule has 1 N–H and O–H groups in total. The minimum atomic E-state index is -0.0452. The van der Waals surface area contributed by atoms with Gasteiger partial charge < -0.3 is 10.1 Å². The lowest BCUT2D eigenvalue weighted by Crippen LogP contribution is -1.96. The van der Waals surface area contributed by atoms with Crippen LogP contribution >= 0.6 is 11.6 Å². The Morgan fingerprint density at radius 3 is 2.35 bits per heavy atom. The van der Waals surface area contributed by atoms with E-state index in [0.717, 1.165) is 11.3 Å². The molecule has 0 atom stereocenters. The average Bonchev–Trinajstić information content (AvgIpc) is 2.65. The number of allylic oxidation sites excluding steroid dienone is 1. The van der Waals surface area contributed by atoms with Crippen molar-refractivity contribution in [3.05, 3.63) is 101 Å². The maximum absolute atomic E-state index is 12.1. The highest BCUT2D eigenvalue weighted by Gasteiger charge is 2.02. The van der Waals surface area contributed by atoms with Crippen LogP contribution in [0.3, 0.4) is 0 Å². The van der Waals surface area contributed by atoms with Gasteiger partial charge in [0.1, 0.15) is 11.5 Å². The molecule has 0 unspecified atom stereocenters. The first-order valence-electron chi connectivity index (χ1n) is 8.18. The van der Waals surface area contributed by atoms with E-state index in [-0.39, 0.29) is 5.78 Å². The minimum Gasteiger partial charge on any atom is -0.456 e. The number of aryl methyl sites for hydroxylation is 1. The molecule has 0 aliphatic carbocycles. The molecule has 0 saturated carbocycles. The zero-order valence-electron chi connectivity index (χ0n) is 14.3. The van der Waals surface area contributed by atoms with E-state index in [1.807, 2.05) is 73.7 Å². The molecule has 3 aromatic carbocycles. The van der Waals surface area contributed by atoms with Crippen LogP contribution in [0.4, 0.5) is 5.69 Å². The standard InChI is InChI=1S/C22H18ClNO2/c1-16-6-8-17(9-7-16)21(25)14-15-24-18-10-12-19(13-11-18)26-22-5-3-2-4-20(22)23/h2-15,24H,1H3/b15-14+. The van der Waals surface area contributed by atoms with Crippen molar-refractivity contribution in [3.63, 3.8) is 0 Å². The molecular weight excluding hydrogens is 346 g/mol. The van der Waals surface area contributed by atoms with Gasteiger partial charge in [0.05, 0.1) is 5.02 Å². The van der Waals surface area contributed by atoms with E-state index in [4.69, 9.17) is 16.3 Å². The van der Waals surface area contributed by atoms with Gasteiger partial charge in [-0.3, -0.25) is 4.79 Å². The maximum atomic E-state index is 12.1. The summed E-state index contributed by atoms with van der Waals surface area (Å²) in [6.07, 6.45) is 3.14. The highest BCUT2D eigenvalue weighted by atomic mass is 35.5. The van der Waals surface area contributed by atoms with Crippen molar-refractivity contribution in [1.82, 2.24) is 0 Å². The van der Waals surface area contributed by atoms with Crippen LogP contribution in [0.1, 0.15) is 15.9 Å². The van der Waals surface area contributed by atoms with Crippen molar-refractivity contribution < 1.29 is 9.53 Å². The quantitative estimate of drug-likeness (QED) is 0.415. The number of carbonyl (C=O) groups excluding carboxylic acids is 1. The average molecular weight is 364 g/mol. The number of hydrogen-bond acceptors (Lipinski definition) is 3. The van der Waals surface area contributed by atoms with E-state index in [1.54, 1.807) is 12.3 Å². The smallest absolute Gasteiger partial charge is 0.187 e. The monoisotopic (exact) mass is 363 g/mol. The number of halogens is 1. The molecule has 0 saturated heterocycles. The Bertz CT molecular complexity index is 916. The molecule has 0 radical (unpaired) electrons. The molecule has 0 aromatic heterocycles. The first kappa shape index (κ1) is 17.8. The van der Waals surface area contributed by atoms with Crippen LogP contribution < -0.4 is 10.1 Å². The van der Waals surface area contributed by atoms with Gasteiger partial charge in [0.15, 0.2) is 5.78 Å². The third-order valence-electron chi connectivity index (χ3n) is 3.74. The van der Waals surface area contributed by atoms with Crippen LogP contribution in [0.15, 0.2) is 85.1 Å². The fourth-order valence-corrected chi connectivity index (χ4v) is 2.48. The molecule has 0 aliphatic heterocycles. The van der Waals surface area contributed by atoms with Crippen molar-refractivity contribution >= 4 is 23.1 Å². The maximum Gasteiger partial charge on any atom is 0.187 e. The first-order chi connectivity index (χ1) is 12.6. The van der Waals surface area contributed by atoms with Crippen LogP contribution in [0, 0.1) is 6.92 Å². The number of nitrogens with one attached hydrogen (secondary N) is 1. The number of ketones is 1. The first-order valence-corrected chi connectivity index (χ1v) is 8.56. The third-order valence-corrected chi connectivity index (χ3v) is 4.05. The predicted octanol–water partition coefficient (Wildman–Crippen LogP) is 6.25. The molecule has 0 heterocycles.